The van der Waals surface area contributed by atoms with Gasteiger partial charge >= 0.3 is 5.97 Å². The molecule has 0 fully saturated rings. The van der Waals surface area contributed by atoms with E-state index in [1.54, 1.807) is 25.1 Å². The van der Waals surface area contributed by atoms with E-state index in [2.05, 4.69) is 37.2 Å². The number of allylic oxidation sites excluding steroid dienone is 2. The fourth-order valence-corrected chi connectivity index (χ4v) is 6.25. The molecule has 0 bridgehead atoms. The molecule has 0 saturated heterocycles. The van der Waals surface area contributed by atoms with Crippen LogP contribution in [0.5, 0.6) is 5.75 Å². The van der Waals surface area contributed by atoms with Crippen molar-refractivity contribution in [3.8, 4) is 5.75 Å². The number of carbonyl (C=O) groups is 2. The van der Waals surface area contributed by atoms with E-state index in [9.17, 15) is 19.7 Å². The van der Waals surface area contributed by atoms with E-state index in [4.69, 9.17) is 9.47 Å². The second kappa shape index (κ2) is 10.2. The molecule has 192 valence electrons. The van der Waals surface area contributed by atoms with Crippen LogP contribution in [0.3, 0.4) is 0 Å². The average Bonchev–Trinajstić information content (AvgIpc) is 3.18. The third-order valence-corrected chi connectivity index (χ3v) is 7.72. The fourth-order valence-electron chi connectivity index (χ4n) is 4.80. The molecule has 0 amide bonds. The number of rotatable bonds is 6. The Morgan fingerprint density at radius 1 is 1.05 bits per heavy atom. The zero-order valence-electron chi connectivity index (χ0n) is 20.2. The van der Waals surface area contributed by atoms with Crippen LogP contribution in [0.25, 0.3) is 5.70 Å². The normalized spacial score (nSPS) is 16.1. The lowest BCUT2D eigenvalue weighted by atomic mass is 9.80. The highest BCUT2D eigenvalue weighted by Crippen LogP contribution is 2.48. The average molecular weight is 640 g/mol. The summed E-state index contributed by atoms with van der Waals surface area (Å²) in [5, 5.41) is 14.2. The number of non-ortho nitro benzene ring substituents is 1. The number of carbonyl (C=O) groups excluding carboxylic acids is 2. The number of dihydropyridines is 1. The van der Waals surface area contributed by atoms with Crippen molar-refractivity contribution in [3.05, 3.63) is 119 Å². The molecular formula is C28H20Br2N2O6. The van der Waals surface area contributed by atoms with Crippen LogP contribution in [-0.2, 0) is 16.1 Å². The molecular weight excluding hydrogens is 620 g/mol. The van der Waals surface area contributed by atoms with Crippen molar-refractivity contribution in [1.29, 1.82) is 0 Å². The molecule has 8 nitrogen and oxygen atoms in total. The maximum absolute atomic E-state index is 13.6. The number of nitro benzene ring substituents is 1. The summed E-state index contributed by atoms with van der Waals surface area (Å²) in [6, 6.07) is 17.1. The summed E-state index contributed by atoms with van der Waals surface area (Å²) in [5.41, 5.74) is 4.96. The van der Waals surface area contributed by atoms with E-state index < -0.39 is 16.8 Å². The summed E-state index contributed by atoms with van der Waals surface area (Å²) in [4.78, 5) is 37.0. The van der Waals surface area contributed by atoms with Gasteiger partial charge in [-0.25, -0.2) is 4.79 Å². The summed E-state index contributed by atoms with van der Waals surface area (Å²) < 4.78 is 12.3. The monoisotopic (exact) mass is 638 g/mol. The van der Waals surface area contributed by atoms with Crippen molar-refractivity contribution in [2.24, 2.45) is 0 Å². The third kappa shape index (κ3) is 4.43. The Kier molecular flexibility index (Phi) is 6.93. The Balaban J connectivity index is 1.53. The number of fused-ring (bicyclic) bond motifs is 2. The number of halogens is 2. The van der Waals surface area contributed by atoms with Crippen LogP contribution in [0.2, 0.25) is 0 Å². The van der Waals surface area contributed by atoms with E-state index >= 15 is 0 Å². The lowest BCUT2D eigenvalue weighted by molar-refractivity contribution is -0.384. The first-order valence-corrected chi connectivity index (χ1v) is 13.1. The van der Waals surface area contributed by atoms with Gasteiger partial charge in [0.25, 0.3) is 5.69 Å². The minimum Gasteiger partial charge on any atom is -0.487 e. The second-order valence-electron chi connectivity index (χ2n) is 8.78. The summed E-state index contributed by atoms with van der Waals surface area (Å²) in [6.07, 6.45) is 0. The number of hydrogen-bond acceptors (Lipinski definition) is 7. The van der Waals surface area contributed by atoms with Crippen molar-refractivity contribution < 1.29 is 24.0 Å². The molecule has 1 aliphatic heterocycles. The number of esters is 1. The standard InChI is InChI=1S/C28H20Br2N2O6/c1-14-22(28(34)37-2)23(24-25(31-14)18-5-3-4-6-19(18)26(24)33)16-11-20(29)27(21(30)12-16)38-13-15-7-9-17(10-8-15)32(35)36/h3-12,23,31H,13H2,1-2H3/t23-/m1/s1. The summed E-state index contributed by atoms with van der Waals surface area (Å²) in [6.45, 7) is 1.97. The molecule has 38 heavy (non-hydrogen) atoms. The highest BCUT2D eigenvalue weighted by atomic mass is 79.9. The van der Waals surface area contributed by atoms with Crippen LogP contribution in [0, 0.1) is 10.1 Å². The van der Waals surface area contributed by atoms with E-state index in [0.29, 0.717) is 48.4 Å². The molecule has 0 unspecified atom stereocenters. The third-order valence-electron chi connectivity index (χ3n) is 6.54. The predicted molar refractivity (Wildman–Crippen MR) is 148 cm³/mol. The molecule has 3 aromatic carbocycles. The predicted octanol–water partition coefficient (Wildman–Crippen LogP) is 6.44. The first kappa shape index (κ1) is 25.9. The number of nitrogens with zero attached hydrogens (tertiary/aromatic N) is 1. The van der Waals surface area contributed by atoms with Crippen molar-refractivity contribution in [1.82, 2.24) is 5.32 Å². The van der Waals surface area contributed by atoms with Crippen LogP contribution in [0.1, 0.15) is 39.9 Å². The topological polar surface area (TPSA) is 108 Å². The van der Waals surface area contributed by atoms with Crippen LogP contribution in [-0.4, -0.2) is 23.8 Å². The minimum atomic E-state index is -0.671. The Hall–Kier alpha value is -3.76. The Morgan fingerprint density at radius 2 is 1.68 bits per heavy atom. The summed E-state index contributed by atoms with van der Waals surface area (Å²) in [5.74, 6) is -0.833. The summed E-state index contributed by atoms with van der Waals surface area (Å²) in [7, 11) is 1.32. The fraction of sp³-hybridized carbons (Fsp3) is 0.143. The van der Waals surface area contributed by atoms with Gasteiger partial charge in [-0.15, -0.1) is 0 Å². The Bertz CT molecular complexity index is 1550. The van der Waals surface area contributed by atoms with Gasteiger partial charge < -0.3 is 14.8 Å². The highest BCUT2D eigenvalue weighted by Gasteiger charge is 2.43. The zero-order chi connectivity index (χ0) is 27.1. The first-order valence-electron chi connectivity index (χ1n) is 11.5. The van der Waals surface area contributed by atoms with E-state index in [-0.39, 0.29) is 18.1 Å². The van der Waals surface area contributed by atoms with Crippen molar-refractivity contribution in [2.75, 3.05) is 7.11 Å². The Labute approximate surface area is 234 Å². The molecule has 5 rings (SSSR count). The van der Waals surface area contributed by atoms with E-state index in [1.165, 1.54) is 19.2 Å². The molecule has 0 aromatic heterocycles. The number of nitro groups is 1. The van der Waals surface area contributed by atoms with E-state index in [1.807, 2.05) is 30.3 Å². The Morgan fingerprint density at radius 3 is 2.29 bits per heavy atom. The summed E-state index contributed by atoms with van der Waals surface area (Å²) >= 11 is 7.16. The lowest BCUT2D eigenvalue weighted by Gasteiger charge is -2.29. The SMILES string of the molecule is COC(=O)C1=C(C)NC2=C(C(=O)c3ccccc32)[C@@H]1c1cc(Br)c(OCc2ccc([N+](=O)[O-])cc2)c(Br)c1. The second-order valence-corrected chi connectivity index (χ2v) is 10.5. The van der Waals surface area contributed by atoms with Crippen molar-refractivity contribution >= 4 is 55.0 Å². The van der Waals surface area contributed by atoms with Gasteiger partial charge in [0.15, 0.2) is 5.78 Å². The van der Waals surface area contributed by atoms with Gasteiger partial charge in [0, 0.05) is 40.4 Å². The van der Waals surface area contributed by atoms with Crippen LogP contribution in [0.15, 0.2) is 86.5 Å². The van der Waals surface area contributed by atoms with Crippen LogP contribution in [0.4, 0.5) is 5.69 Å². The number of benzene rings is 3. The van der Waals surface area contributed by atoms with Gasteiger partial charge in [-0.2, -0.15) is 0 Å². The molecule has 0 spiro atoms. The molecule has 1 N–H and O–H groups in total. The van der Waals surface area contributed by atoms with Gasteiger partial charge in [0.2, 0.25) is 0 Å². The van der Waals surface area contributed by atoms with Crippen molar-refractivity contribution in [2.45, 2.75) is 19.4 Å². The molecule has 1 heterocycles. The molecule has 1 atom stereocenters. The lowest BCUT2D eigenvalue weighted by Crippen LogP contribution is -2.29. The number of nitrogens with one attached hydrogen (secondary N) is 1. The number of methoxy groups -OCH3 is 1. The van der Waals surface area contributed by atoms with Crippen LogP contribution < -0.4 is 10.1 Å². The number of ketones is 1. The van der Waals surface area contributed by atoms with Crippen LogP contribution >= 0.6 is 31.9 Å². The first-order chi connectivity index (χ1) is 18.2. The molecule has 0 saturated carbocycles. The van der Waals surface area contributed by atoms with Gasteiger partial charge in [-0.3, -0.25) is 14.9 Å². The molecule has 3 aromatic rings. The molecule has 1 aliphatic carbocycles. The maximum atomic E-state index is 13.6. The van der Waals surface area contributed by atoms with Gasteiger partial charge in [-0.1, -0.05) is 24.3 Å². The molecule has 0 radical (unpaired) electrons. The number of hydrogen-bond donors (Lipinski definition) is 1. The highest BCUT2D eigenvalue weighted by molar-refractivity contribution is 9.11. The minimum absolute atomic E-state index is 0.00415. The zero-order valence-corrected chi connectivity index (χ0v) is 23.4. The van der Waals surface area contributed by atoms with Gasteiger partial charge in [0.1, 0.15) is 12.4 Å². The van der Waals surface area contributed by atoms with Crippen molar-refractivity contribution in [3.63, 3.8) is 0 Å². The van der Waals surface area contributed by atoms with Gasteiger partial charge in [0.05, 0.1) is 32.2 Å². The van der Waals surface area contributed by atoms with Gasteiger partial charge in [-0.05, 0) is 74.2 Å². The quantitative estimate of drug-likeness (QED) is 0.188. The van der Waals surface area contributed by atoms with E-state index in [0.717, 1.165) is 11.1 Å². The number of ether oxygens (including phenoxy) is 2. The maximum Gasteiger partial charge on any atom is 0.336 e. The smallest absolute Gasteiger partial charge is 0.336 e. The number of Topliss-reactive ketones (excluding diaryl/α,β-unsaturated/α-hetero) is 1. The largest absolute Gasteiger partial charge is 0.487 e. The molecule has 10 heteroatoms. The molecule has 2 aliphatic rings.